The first-order valence-corrected chi connectivity index (χ1v) is 11.1. The lowest BCUT2D eigenvalue weighted by molar-refractivity contribution is 0.630. The highest BCUT2D eigenvalue weighted by Crippen LogP contribution is 2.36. The van der Waals surface area contributed by atoms with Crippen LogP contribution in [0.1, 0.15) is 0 Å². The molecule has 4 aromatic carbocycles. The van der Waals surface area contributed by atoms with Gasteiger partial charge in [-0.2, -0.15) is 0 Å². The maximum absolute atomic E-state index is 14.6. The lowest BCUT2D eigenvalue weighted by Crippen LogP contribution is -2.01. The van der Waals surface area contributed by atoms with E-state index in [1.807, 2.05) is 42.5 Å². The first-order chi connectivity index (χ1) is 15.8. The minimum Gasteiger partial charge on any atom is -0.208 e. The molecule has 32 heavy (non-hydrogen) atoms. The quantitative estimate of drug-likeness (QED) is 0.292. The van der Waals surface area contributed by atoms with E-state index in [-0.39, 0.29) is 5.82 Å². The summed E-state index contributed by atoms with van der Waals surface area (Å²) in [6.45, 7) is 0. The van der Waals surface area contributed by atoms with Crippen molar-refractivity contribution >= 4 is 31.5 Å². The van der Waals surface area contributed by atoms with Crippen LogP contribution in [0.4, 0.5) is 4.39 Å². The van der Waals surface area contributed by atoms with Crippen molar-refractivity contribution < 1.29 is 4.39 Å². The zero-order chi connectivity index (χ0) is 21.5. The Kier molecular flexibility index (Phi) is 4.47. The maximum Gasteiger partial charge on any atom is 0.167 e. The summed E-state index contributed by atoms with van der Waals surface area (Å²) in [5.74, 6) is 1.00. The largest absolute Gasteiger partial charge is 0.208 e. The van der Waals surface area contributed by atoms with Gasteiger partial charge in [0.05, 0.1) is 5.56 Å². The summed E-state index contributed by atoms with van der Waals surface area (Å²) in [4.78, 5) is 14.0. The van der Waals surface area contributed by atoms with Gasteiger partial charge >= 0.3 is 0 Å². The molecular weight excluding hydrogens is 417 g/mol. The summed E-state index contributed by atoms with van der Waals surface area (Å²) in [7, 11) is 0. The van der Waals surface area contributed by atoms with Crippen LogP contribution in [0, 0.1) is 5.82 Å². The molecule has 0 spiro atoms. The lowest BCUT2D eigenvalue weighted by Gasteiger charge is -2.09. The molecule has 3 nitrogen and oxygen atoms in total. The molecule has 0 atom stereocenters. The van der Waals surface area contributed by atoms with E-state index in [1.54, 1.807) is 29.5 Å². The molecule has 2 aromatic heterocycles. The van der Waals surface area contributed by atoms with Gasteiger partial charge in [-0.3, -0.25) is 0 Å². The summed E-state index contributed by atoms with van der Waals surface area (Å²) in [6.07, 6.45) is 0. The van der Waals surface area contributed by atoms with Crippen LogP contribution in [0.5, 0.6) is 0 Å². The number of halogens is 1. The second-order valence-corrected chi connectivity index (χ2v) is 8.55. The molecule has 152 valence electrons. The average molecular weight is 434 g/mol. The normalized spacial score (nSPS) is 11.3. The second kappa shape index (κ2) is 7.62. The molecule has 6 aromatic rings. The minimum atomic E-state index is -0.358. The Morgan fingerprint density at radius 1 is 0.531 bits per heavy atom. The van der Waals surface area contributed by atoms with Gasteiger partial charge in [0.25, 0.3) is 0 Å². The first-order valence-electron chi connectivity index (χ1n) is 10.2. The van der Waals surface area contributed by atoms with Crippen molar-refractivity contribution in [1.82, 2.24) is 15.0 Å². The predicted molar refractivity (Wildman–Crippen MR) is 129 cm³/mol. The topological polar surface area (TPSA) is 38.7 Å². The van der Waals surface area contributed by atoms with E-state index in [0.717, 1.165) is 16.5 Å². The van der Waals surface area contributed by atoms with Gasteiger partial charge in [0.2, 0.25) is 0 Å². The van der Waals surface area contributed by atoms with Crippen LogP contribution < -0.4 is 0 Å². The second-order valence-electron chi connectivity index (χ2n) is 7.46. The SMILES string of the molecule is Fc1ccccc1-c1nc(-c2ccccc2)nc(-c2ccc3sc4ccccc4c3c2)n1. The van der Waals surface area contributed by atoms with Crippen LogP contribution in [-0.2, 0) is 0 Å². The van der Waals surface area contributed by atoms with E-state index in [2.05, 4.69) is 40.3 Å². The molecule has 0 saturated carbocycles. The summed E-state index contributed by atoms with van der Waals surface area (Å²) in [5, 5.41) is 2.37. The first kappa shape index (κ1) is 18.8. The number of thiophene rings is 1. The third-order valence-electron chi connectivity index (χ3n) is 5.42. The van der Waals surface area contributed by atoms with Gasteiger partial charge in [-0.05, 0) is 36.4 Å². The molecule has 5 heteroatoms. The van der Waals surface area contributed by atoms with Gasteiger partial charge in [-0.25, -0.2) is 19.3 Å². The molecule has 2 heterocycles. The van der Waals surface area contributed by atoms with E-state index >= 15 is 0 Å². The average Bonchev–Trinajstić information content (AvgIpc) is 3.22. The van der Waals surface area contributed by atoms with E-state index in [1.165, 1.54) is 20.9 Å². The summed E-state index contributed by atoms with van der Waals surface area (Å²) < 4.78 is 17.0. The van der Waals surface area contributed by atoms with Crippen molar-refractivity contribution in [3.05, 3.63) is 103 Å². The van der Waals surface area contributed by atoms with Crippen LogP contribution in [-0.4, -0.2) is 15.0 Å². The fraction of sp³-hybridized carbons (Fsp3) is 0. The monoisotopic (exact) mass is 433 g/mol. The van der Waals surface area contributed by atoms with E-state index in [9.17, 15) is 4.39 Å². The van der Waals surface area contributed by atoms with E-state index in [0.29, 0.717) is 23.0 Å². The number of rotatable bonds is 3. The Hall–Kier alpha value is -3.96. The van der Waals surface area contributed by atoms with Gasteiger partial charge in [0.15, 0.2) is 17.5 Å². The standard InChI is InChI=1S/C27H16FN3S/c28-22-12-6-4-11-20(22)27-30-25(17-8-2-1-3-9-17)29-26(31-27)18-14-15-24-21(16-18)19-10-5-7-13-23(19)32-24/h1-16H. The van der Waals surface area contributed by atoms with Crippen molar-refractivity contribution in [2.24, 2.45) is 0 Å². The fourth-order valence-electron chi connectivity index (χ4n) is 3.85. The molecule has 0 radical (unpaired) electrons. The van der Waals surface area contributed by atoms with Crippen LogP contribution in [0.2, 0.25) is 0 Å². The van der Waals surface area contributed by atoms with Gasteiger partial charge in [0, 0.05) is 31.3 Å². The predicted octanol–water partition coefficient (Wildman–Crippen LogP) is 7.38. The summed E-state index contributed by atoms with van der Waals surface area (Å²) in [6, 6.07) is 30.9. The van der Waals surface area contributed by atoms with Crippen LogP contribution in [0.3, 0.4) is 0 Å². The number of nitrogens with zero attached hydrogens (tertiary/aromatic N) is 3. The Balaban J connectivity index is 1.59. The molecule has 0 unspecified atom stereocenters. The number of benzene rings is 4. The highest BCUT2D eigenvalue weighted by Gasteiger charge is 2.15. The van der Waals surface area contributed by atoms with Crippen molar-refractivity contribution in [3.63, 3.8) is 0 Å². The Labute approximate surface area is 187 Å². The van der Waals surface area contributed by atoms with Crippen LogP contribution in [0.15, 0.2) is 97.1 Å². The van der Waals surface area contributed by atoms with Gasteiger partial charge < -0.3 is 0 Å². The zero-order valence-electron chi connectivity index (χ0n) is 16.9. The van der Waals surface area contributed by atoms with Crippen LogP contribution >= 0.6 is 11.3 Å². The molecule has 0 aliphatic carbocycles. The number of hydrogen-bond acceptors (Lipinski definition) is 4. The highest BCUT2D eigenvalue weighted by atomic mass is 32.1. The third kappa shape index (κ3) is 3.24. The molecule has 6 rings (SSSR count). The molecule has 0 amide bonds. The molecule has 0 N–H and O–H groups in total. The summed E-state index contributed by atoms with van der Waals surface area (Å²) >= 11 is 1.76. The molecule has 0 aliphatic rings. The Morgan fingerprint density at radius 3 is 2.03 bits per heavy atom. The molecule has 0 aliphatic heterocycles. The number of aromatic nitrogens is 3. The number of hydrogen-bond donors (Lipinski definition) is 0. The van der Waals surface area contributed by atoms with Gasteiger partial charge in [0.1, 0.15) is 5.82 Å². The van der Waals surface area contributed by atoms with E-state index < -0.39 is 0 Å². The van der Waals surface area contributed by atoms with Gasteiger partial charge in [-0.15, -0.1) is 11.3 Å². The summed E-state index contributed by atoms with van der Waals surface area (Å²) in [5.41, 5.74) is 2.09. The Bertz CT molecular complexity index is 1590. The molecule has 0 bridgehead atoms. The third-order valence-corrected chi connectivity index (χ3v) is 6.57. The van der Waals surface area contributed by atoms with Crippen molar-refractivity contribution in [2.75, 3.05) is 0 Å². The van der Waals surface area contributed by atoms with Gasteiger partial charge in [-0.1, -0.05) is 60.7 Å². The molecule has 0 fully saturated rings. The van der Waals surface area contributed by atoms with Crippen molar-refractivity contribution in [3.8, 4) is 34.2 Å². The van der Waals surface area contributed by atoms with E-state index in [4.69, 9.17) is 4.98 Å². The smallest absolute Gasteiger partial charge is 0.167 e. The van der Waals surface area contributed by atoms with Crippen molar-refractivity contribution in [1.29, 1.82) is 0 Å². The fourth-order valence-corrected chi connectivity index (χ4v) is 4.94. The lowest BCUT2D eigenvalue weighted by atomic mass is 10.1. The van der Waals surface area contributed by atoms with Crippen molar-refractivity contribution in [2.45, 2.75) is 0 Å². The zero-order valence-corrected chi connectivity index (χ0v) is 17.7. The number of fused-ring (bicyclic) bond motifs is 3. The Morgan fingerprint density at radius 2 is 1.19 bits per heavy atom. The minimum absolute atomic E-state index is 0.322. The maximum atomic E-state index is 14.6. The molecule has 0 saturated heterocycles. The highest BCUT2D eigenvalue weighted by molar-refractivity contribution is 7.25. The molecular formula is C27H16FN3S. The van der Waals surface area contributed by atoms with Crippen LogP contribution in [0.25, 0.3) is 54.3 Å².